The van der Waals surface area contributed by atoms with Gasteiger partial charge in [-0.3, -0.25) is 4.90 Å². The molecule has 1 saturated heterocycles. The van der Waals surface area contributed by atoms with Crippen LogP contribution in [0.5, 0.6) is 0 Å². The molecule has 2 aliphatic rings. The van der Waals surface area contributed by atoms with Crippen LogP contribution in [0.2, 0.25) is 0 Å². The molecule has 1 aliphatic heterocycles. The van der Waals surface area contributed by atoms with Crippen molar-refractivity contribution in [2.24, 2.45) is 5.73 Å². The Morgan fingerprint density at radius 3 is 2.38 bits per heavy atom. The van der Waals surface area contributed by atoms with E-state index >= 15 is 0 Å². The van der Waals surface area contributed by atoms with Gasteiger partial charge in [-0.2, -0.15) is 0 Å². The van der Waals surface area contributed by atoms with Crippen LogP contribution in [0.15, 0.2) is 0 Å². The average Bonchev–Trinajstić information content (AvgIpc) is 3.11. The van der Waals surface area contributed by atoms with Gasteiger partial charge < -0.3 is 15.7 Å². The van der Waals surface area contributed by atoms with E-state index in [0.717, 1.165) is 32.1 Å². The fourth-order valence-electron chi connectivity index (χ4n) is 2.28. The van der Waals surface area contributed by atoms with E-state index in [1.54, 1.807) is 0 Å². The monoisotopic (exact) mass is 227 g/mol. The molecule has 1 unspecified atom stereocenters. The summed E-state index contributed by atoms with van der Waals surface area (Å²) in [6.45, 7) is 7.78. The van der Waals surface area contributed by atoms with Gasteiger partial charge in [0.05, 0.1) is 6.61 Å². The SMILES string of the molecule is CC(N)(CO)CCN1CCN(C2CC2)CC1. The van der Waals surface area contributed by atoms with Crippen LogP contribution in [0.1, 0.15) is 26.2 Å². The number of nitrogens with two attached hydrogens (primary N) is 1. The van der Waals surface area contributed by atoms with E-state index in [2.05, 4.69) is 9.80 Å². The molecule has 0 amide bonds. The molecule has 16 heavy (non-hydrogen) atoms. The fraction of sp³-hybridized carbons (Fsp3) is 1.00. The first-order valence-corrected chi connectivity index (χ1v) is 6.47. The number of nitrogens with zero attached hydrogens (tertiary/aromatic N) is 2. The number of rotatable bonds is 5. The number of hydrogen-bond acceptors (Lipinski definition) is 4. The molecule has 1 saturated carbocycles. The molecule has 4 heteroatoms. The van der Waals surface area contributed by atoms with E-state index in [1.807, 2.05) is 6.92 Å². The van der Waals surface area contributed by atoms with Crippen LogP contribution in [-0.4, -0.2) is 65.8 Å². The summed E-state index contributed by atoms with van der Waals surface area (Å²) in [5, 5.41) is 9.09. The van der Waals surface area contributed by atoms with Crippen LogP contribution in [0, 0.1) is 0 Å². The number of aliphatic hydroxyl groups is 1. The molecule has 4 nitrogen and oxygen atoms in total. The van der Waals surface area contributed by atoms with Gasteiger partial charge in [0, 0.05) is 44.3 Å². The maximum atomic E-state index is 9.09. The van der Waals surface area contributed by atoms with Crippen molar-refractivity contribution < 1.29 is 5.11 Å². The Labute approximate surface area is 98.4 Å². The van der Waals surface area contributed by atoms with Crippen molar-refractivity contribution in [3.63, 3.8) is 0 Å². The van der Waals surface area contributed by atoms with Crippen molar-refractivity contribution in [1.29, 1.82) is 0 Å². The van der Waals surface area contributed by atoms with Gasteiger partial charge >= 0.3 is 0 Å². The minimum atomic E-state index is -0.409. The third-order valence-corrected chi connectivity index (χ3v) is 3.83. The summed E-state index contributed by atoms with van der Waals surface area (Å²) in [6, 6.07) is 0.902. The molecule has 3 N–H and O–H groups in total. The van der Waals surface area contributed by atoms with Crippen molar-refractivity contribution in [3.8, 4) is 0 Å². The lowest BCUT2D eigenvalue weighted by Crippen LogP contribution is -2.50. The summed E-state index contributed by atoms with van der Waals surface area (Å²) in [4.78, 5) is 5.09. The van der Waals surface area contributed by atoms with Crippen LogP contribution in [0.4, 0.5) is 0 Å². The van der Waals surface area contributed by atoms with Gasteiger partial charge in [-0.15, -0.1) is 0 Å². The minimum Gasteiger partial charge on any atom is -0.394 e. The average molecular weight is 227 g/mol. The Morgan fingerprint density at radius 2 is 1.88 bits per heavy atom. The molecule has 94 valence electrons. The van der Waals surface area contributed by atoms with Crippen molar-refractivity contribution >= 4 is 0 Å². The van der Waals surface area contributed by atoms with Crippen LogP contribution in [-0.2, 0) is 0 Å². The maximum absolute atomic E-state index is 9.09. The lowest BCUT2D eigenvalue weighted by molar-refractivity contribution is 0.111. The van der Waals surface area contributed by atoms with Gasteiger partial charge in [0.15, 0.2) is 0 Å². The van der Waals surface area contributed by atoms with Gasteiger partial charge in [0.25, 0.3) is 0 Å². The molecule has 2 rings (SSSR count). The molecule has 1 atom stereocenters. The van der Waals surface area contributed by atoms with E-state index in [0.29, 0.717) is 0 Å². The summed E-state index contributed by atoms with van der Waals surface area (Å²) in [5.74, 6) is 0. The number of aliphatic hydroxyl groups excluding tert-OH is 1. The first-order valence-electron chi connectivity index (χ1n) is 6.47. The highest BCUT2D eigenvalue weighted by molar-refractivity contribution is 4.88. The molecule has 0 aromatic carbocycles. The smallest absolute Gasteiger partial charge is 0.0608 e. The summed E-state index contributed by atoms with van der Waals surface area (Å²) in [7, 11) is 0. The van der Waals surface area contributed by atoms with Gasteiger partial charge in [0.1, 0.15) is 0 Å². The Balaban J connectivity index is 1.65. The lowest BCUT2D eigenvalue weighted by Gasteiger charge is -2.36. The van der Waals surface area contributed by atoms with Crippen LogP contribution in [0.25, 0.3) is 0 Å². The second kappa shape index (κ2) is 5.00. The molecule has 0 spiro atoms. The predicted octanol–water partition coefficient (Wildman–Crippen LogP) is -0.134. The van der Waals surface area contributed by atoms with Gasteiger partial charge in [-0.1, -0.05) is 0 Å². The standard InChI is InChI=1S/C12H25N3O/c1-12(13,10-16)4-5-14-6-8-15(9-7-14)11-2-3-11/h11,16H,2-10,13H2,1H3. The number of hydrogen-bond donors (Lipinski definition) is 2. The summed E-state index contributed by atoms with van der Waals surface area (Å²) < 4.78 is 0. The molecular formula is C12H25N3O. The Hall–Kier alpha value is -0.160. The first kappa shape index (κ1) is 12.3. The van der Waals surface area contributed by atoms with Crippen LogP contribution in [0.3, 0.4) is 0 Å². The zero-order chi connectivity index (χ0) is 11.6. The third-order valence-electron chi connectivity index (χ3n) is 3.83. The predicted molar refractivity (Wildman–Crippen MR) is 65.3 cm³/mol. The zero-order valence-corrected chi connectivity index (χ0v) is 10.4. The van der Waals surface area contributed by atoms with Crippen molar-refractivity contribution in [2.45, 2.75) is 37.8 Å². The summed E-state index contributed by atoms with van der Waals surface area (Å²) in [6.07, 6.45) is 3.70. The van der Waals surface area contributed by atoms with Gasteiger partial charge in [0.2, 0.25) is 0 Å². The maximum Gasteiger partial charge on any atom is 0.0608 e. The van der Waals surface area contributed by atoms with Crippen LogP contribution < -0.4 is 5.73 Å². The normalized spacial score (nSPS) is 27.9. The lowest BCUT2D eigenvalue weighted by atomic mass is 10.0. The zero-order valence-electron chi connectivity index (χ0n) is 10.4. The van der Waals surface area contributed by atoms with Crippen LogP contribution >= 0.6 is 0 Å². The van der Waals surface area contributed by atoms with Crippen molar-refractivity contribution in [1.82, 2.24) is 9.80 Å². The highest BCUT2D eigenvalue weighted by Gasteiger charge is 2.31. The molecular weight excluding hydrogens is 202 g/mol. The first-order chi connectivity index (χ1) is 7.61. The molecule has 1 heterocycles. The summed E-state index contributed by atoms with van der Waals surface area (Å²) in [5.41, 5.74) is 5.52. The number of piperazine rings is 1. The second-order valence-corrected chi connectivity index (χ2v) is 5.67. The van der Waals surface area contributed by atoms with E-state index in [1.165, 1.54) is 25.9 Å². The van der Waals surface area contributed by atoms with E-state index in [4.69, 9.17) is 10.8 Å². The van der Waals surface area contributed by atoms with Gasteiger partial charge in [-0.25, -0.2) is 0 Å². The summed E-state index contributed by atoms with van der Waals surface area (Å²) >= 11 is 0. The molecule has 0 aromatic rings. The minimum absolute atomic E-state index is 0.0784. The molecule has 0 radical (unpaired) electrons. The third kappa shape index (κ3) is 3.42. The quantitative estimate of drug-likeness (QED) is 0.687. The highest BCUT2D eigenvalue weighted by atomic mass is 16.3. The van der Waals surface area contributed by atoms with E-state index in [-0.39, 0.29) is 6.61 Å². The second-order valence-electron chi connectivity index (χ2n) is 5.67. The highest BCUT2D eigenvalue weighted by Crippen LogP contribution is 2.27. The van der Waals surface area contributed by atoms with Crippen molar-refractivity contribution in [3.05, 3.63) is 0 Å². The Bertz CT molecular complexity index is 220. The van der Waals surface area contributed by atoms with E-state index in [9.17, 15) is 0 Å². The molecule has 2 fully saturated rings. The Kier molecular flexibility index (Phi) is 3.85. The molecule has 0 aromatic heterocycles. The van der Waals surface area contributed by atoms with Gasteiger partial charge in [-0.05, 0) is 26.2 Å². The molecule has 0 bridgehead atoms. The molecule has 1 aliphatic carbocycles. The largest absolute Gasteiger partial charge is 0.394 e. The fourth-order valence-corrected chi connectivity index (χ4v) is 2.28. The topological polar surface area (TPSA) is 52.7 Å². The Morgan fingerprint density at radius 1 is 1.25 bits per heavy atom. The van der Waals surface area contributed by atoms with E-state index < -0.39 is 5.54 Å². The van der Waals surface area contributed by atoms with Crippen molar-refractivity contribution in [2.75, 3.05) is 39.3 Å².